The zero-order chi connectivity index (χ0) is 18.2. The molecule has 0 aliphatic heterocycles. The quantitative estimate of drug-likeness (QED) is 0.544. The second kappa shape index (κ2) is 8.90. The van der Waals surface area contributed by atoms with Gasteiger partial charge in [0.25, 0.3) is 0 Å². The third-order valence-electron chi connectivity index (χ3n) is 3.88. The number of aromatic nitrogens is 1. The summed E-state index contributed by atoms with van der Waals surface area (Å²) in [6.45, 7) is 4.51. The predicted molar refractivity (Wildman–Crippen MR) is 102 cm³/mol. The molecule has 0 saturated heterocycles. The minimum atomic E-state index is -0.0280. The van der Waals surface area contributed by atoms with Crippen molar-refractivity contribution in [2.75, 3.05) is 6.61 Å². The number of hydrogen-bond acceptors (Lipinski definition) is 4. The maximum Gasteiger partial charge on any atom is 0.138 e. The molecule has 3 aromatic rings. The van der Waals surface area contributed by atoms with Gasteiger partial charge in [-0.3, -0.25) is 4.98 Å². The molecule has 134 valence electrons. The highest BCUT2D eigenvalue weighted by molar-refractivity contribution is 5.35. The monoisotopic (exact) mass is 349 g/mol. The van der Waals surface area contributed by atoms with Gasteiger partial charge < -0.3 is 14.2 Å². The summed E-state index contributed by atoms with van der Waals surface area (Å²) in [6.07, 6.45) is 2.57. The Morgan fingerprint density at radius 2 is 1.46 bits per heavy atom. The fraction of sp³-hybridized carbons (Fsp3) is 0.227. The maximum atomic E-state index is 5.93. The number of para-hydroxylation sites is 1. The lowest BCUT2D eigenvalue weighted by atomic mass is 10.3. The van der Waals surface area contributed by atoms with Crippen molar-refractivity contribution in [1.29, 1.82) is 0 Å². The van der Waals surface area contributed by atoms with Crippen molar-refractivity contribution in [2.45, 2.75) is 26.4 Å². The molecule has 4 heteroatoms. The largest absolute Gasteiger partial charge is 0.490 e. The second-order valence-electron chi connectivity index (χ2n) is 5.98. The molecule has 0 radical (unpaired) electrons. The molecule has 1 aromatic heterocycles. The van der Waals surface area contributed by atoms with Crippen molar-refractivity contribution >= 4 is 0 Å². The van der Waals surface area contributed by atoms with Gasteiger partial charge in [-0.1, -0.05) is 25.1 Å². The minimum absolute atomic E-state index is 0.0280. The third kappa shape index (κ3) is 5.24. The van der Waals surface area contributed by atoms with Gasteiger partial charge in [-0.25, -0.2) is 0 Å². The fourth-order valence-corrected chi connectivity index (χ4v) is 2.37. The number of benzene rings is 2. The molecule has 0 N–H and O–H groups in total. The average Bonchev–Trinajstić information content (AvgIpc) is 2.68. The zero-order valence-corrected chi connectivity index (χ0v) is 15.1. The van der Waals surface area contributed by atoms with E-state index in [1.165, 1.54) is 0 Å². The van der Waals surface area contributed by atoms with E-state index in [0.717, 1.165) is 35.1 Å². The molecule has 4 nitrogen and oxygen atoms in total. The third-order valence-corrected chi connectivity index (χ3v) is 3.88. The van der Waals surface area contributed by atoms with Crippen molar-refractivity contribution in [2.24, 2.45) is 0 Å². The van der Waals surface area contributed by atoms with Crippen LogP contribution in [0.4, 0.5) is 0 Å². The number of hydrogen-bond donors (Lipinski definition) is 0. The smallest absolute Gasteiger partial charge is 0.138 e. The molecule has 2 aromatic carbocycles. The first kappa shape index (κ1) is 17.8. The molecule has 0 aliphatic carbocycles. The Bertz CT molecular complexity index is 786. The summed E-state index contributed by atoms with van der Waals surface area (Å²) in [4.78, 5) is 4.25. The Morgan fingerprint density at radius 3 is 2.12 bits per heavy atom. The zero-order valence-electron chi connectivity index (χ0n) is 15.1. The van der Waals surface area contributed by atoms with Crippen LogP contribution in [0.1, 0.15) is 19.0 Å². The van der Waals surface area contributed by atoms with Crippen LogP contribution in [0.3, 0.4) is 0 Å². The van der Waals surface area contributed by atoms with Gasteiger partial charge in [0, 0.05) is 5.69 Å². The standard InChI is InChI=1S/C22H23NO3/c1-3-18(25-22-10-9-17(2)23-15-22)16-24-19-11-13-21(14-12-19)26-20-7-5-4-6-8-20/h4-15,18H,3,16H2,1-2H3. The lowest BCUT2D eigenvalue weighted by Crippen LogP contribution is -2.24. The number of pyridine rings is 1. The van der Waals surface area contributed by atoms with Crippen LogP contribution in [0.25, 0.3) is 0 Å². The van der Waals surface area contributed by atoms with Gasteiger partial charge in [0.15, 0.2) is 0 Å². The van der Waals surface area contributed by atoms with Crippen LogP contribution in [0.2, 0.25) is 0 Å². The van der Waals surface area contributed by atoms with Crippen molar-refractivity contribution in [3.8, 4) is 23.0 Å². The minimum Gasteiger partial charge on any atom is -0.490 e. The molecule has 1 heterocycles. The highest BCUT2D eigenvalue weighted by Crippen LogP contribution is 2.24. The summed E-state index contributed by atoms with van der Waals surface area (Å²) in [5.74, 6) is 3.14. The molecule has 0 spiro atoms. The number of rotatable bonds is 8. The van der Waals surface area contributed by atoms with Crippen LogP contribution < -0.4 is 14.2 Å². The molecular formula is C22H23NO3. The van der Waals surface area contributed by atoms with Crippen LogP contribution in [0.5, 0.6) is 23.0 Å². The van der Waals surface area contributed by atoms with Gasteiger partial charge in [-0.2, -0.15) is 0 Å². The SMILES string of the molecule is CCC(COc1ccc(Oc2ccccc2)cc1)Oc1ccc(C)nc1. The number of aryl methyl sites for hydroxylation is 1. The van der Waals surface area contributed by atoms with Crippen molar-refractivity contribution < 1.29 is 14.2 Å². The van der Waals surface area contributed by atoms with Gasteiger partial charge >= 0.3 is 0 Å². The van der Waals surface area contributed by atoms with E-state index in [0.29, 0.717) is 6.61 Å². The maximum absolute atomic E-state index is 5.93. The molecular weight excluding hydrogens is 326 g/mol. The van der Waals surface area contributed by atoms with Crippen molar-refractivity contribution in [1.82, 2.24) is 4.98 Å². The lowest BCUT2D eigenvalue weighted by molar-refractivity contribution is 0.125. The molecule has 3 rings (SSSR count). The molecule has 0 aliphatic rings. The van der Waals surface area contributed by atoms with Gasteiger partial charge in [-0.05, 0) is 61.9 Å². The van der Waals surface area contributed by atoms with E-state index < -0.39 is 0 Å². The Morgan fingerprint density at radius 1 is 0.808 bits per heavy atom. The van der Waals surface area contributed by atoms with Gasteiger partial charge in [0.1, 0.15) is 35.7 Å². The number of nitrogens with zero attached hydrogens (tertiary/aromatic N) is 1. The molecule has 0 saturated carbocycles. The van der Waals surface area contributed by atoms with Crippen LogP contribution in [0, 0.1) is 6.92 Å². The van der Waals surface area contributed by atoms with Crippen molar-refractivity contribution in [3.63, 3.8) is 0 Å². The first-order valence-electron chi connectivity index (χ1n) is 8.78. The molecule has 0 fully saturated rings. The van der Waals surface area contributed by atoms with E-state index >= 15 is 0 Å². The van der Waals surface area contributed by atoms with Gasteiger partial charge in [-0.15, -0.1) is 0 Å². The molecule has 1 unspecified atom stereocenters. The van der Waals surface area contributed by atoms with E-state index in [1.807, 2.05) is 73.7 Å². The van der Waals surface area contributed by atoms with Gasteiger partial charge in [0.2, 0.25) is 0 Å². The van der Waals surface area contributed by atoms with E-state index in [2.05, 4.69) is 11.9 Å². The fourth-order valence-electron chi connectivity index (χ4n) is 2.37. The Balaban J connectivity index is 1.52. The summed E-state index contributed by atoms with van der Waals surface area (Å²) in [7, 11) is 0. The first-order chi connectivity index (χ1) is 12.7. The summed E-state index contributed by atoms with van der Waals surface area (Å²) >= 11 is 0. The number of ether oxygens (including phenoxy) is 3. The van der Waals surface area contributed by atoms with Crippen LogP contribution >= 0.6 is 0 Å². The molecule has 0 amide bonds. The van der Waals surface area contributed by atoms with Gasteiger partial charge in [0.05, 0.1) is 6.20 Å². The summed E-state index contributed by atoms with van der Waals surface area (Å²) in [6, 6.07) is 21.2. The normalized spacial score (nSPS) is 11.6. The van der Waals surface area contributed by atoms with Crippen LogP contribution in [0.15, 0.2) is 72.9 Å². The van der Waals surface area contributed by atoms with E-state index in [1.54, 1.807) is 6.20 Å². The predicted octanol–water partition coefficient (Wildman–Crippen LogP) is 5.42. The second-order valence-corrected chi connectivity index (χ2v) is 5.98. The Hall–Kier alpha value is -3.01. The summed E-state index contributed by atoms with van der Waals surface area (Å²) < 4.78 is 17.6. The van der Waals surface area contributed by atoms with E-state index in [-0.39, 0.29) is 6.10 Å². The van der Waals surface area contributed by atoms with Crippen molar-refractivity contribution in [3.05, 3.63) is 78.6 Å². The Kier molecular flexibility index (Phi) is 6.09. The molecule has 0 bridgehead atoms. The summed E-state index contributed by atoms with van der Waals surface area (Å²) in [5, 5.41) is 0. The highest BCUT2D eigenvalue weighted by Gasteiger charge is 2.10. The van der Waals surface area contributed by atoms with E-state index in [9.17, 15) is 0 Å². The van der Waals surface area contributed by atoms with E-state index in [4.69, 9.17) is 14.2 Å². The average molecular weight is 349 g/mol. The topological polar surface area (TPSA) is 40.6 Å². The highest BCUT2D eigenvalue weighted by atomic mass is 16.5. The first-order valence-corrected chi connectivity index (χ1v) is 8.78. The molecule has 1 atom stereocenters. The lowest BCUT2D eigenvalue weighted by Gasteiger charge is -2.18. The summed E-state index contributed by atoms with van der Waals surface area (Å²) in [5.41, 5.74) is 0.972. The molecule has 26 heavy (non-hydrogen) atoms. The van der Waals surface area contributed by atoms with Crippen LogP contribution in [-0.4, -0.2) is 17.7 Å². The van der Waals surface area contributed by atoms with Crippen LogP contribution in [-0.2, 0) is 0 Å². The Labute approximate surface area is 154 Å².